The molecule has 0 spiro atoms. The van der Waals surface area contributed by atoms with Crippen molar-refractivity contribution < 1.29 is 14.6 Å². The summed E-state index contributed by atoms with van der Waals surface area (Å²) in [6.07, 6.45) is 21.3. The van der Waals surface area contributed by atoms with Crippen molar-refractivity contribution in [2.75, 3.05) is 47.9 Å². The van der Waals surface area contributed by atoms with E-state index in [1.807, 2.05) is 41.4 Å². The Kier molecular flexibility index (Phi) is 13.6. The number of aromatic nitrogens is 6. The number of carboxylic acid groups (broad SMARTS) is 1. The van der Waals surface area contributed by atoms with Gasteiger partial charge in [0.2, 0.25) is 0 Å². The van der Waals surface area contributed by atoms with Crippen molar-refractivity contribution in [1.82, 2.24) is 34.8 Å². The molecule has 0 amide bonds. The number of fused-ring (bicyclic) bond motifs is 2. The van der Waals surface area contributed by atoms with E-state index in [0.717, 1.165) is 96.1 Å². The fourth-order valence-electron chi connectivity index (χ4n) is 13.3. The molecule has 5 heterocycles. The molecule has 1 aliphatic heterocycles. The van der Waals surface area contributed by atoms with Crippen molar-refractivity contribution in [3.63, 3.8) is 0 Å². The van der Waals surface area contributed by atoms with Crippen LogP contribution in [-0.4, -0.2) is 89.2 Å². The maximum Gasteiger partial charge on any atom is 0.355 e. The molecule has 0 radical (unpaired) electrons. The van der Waals surface area contributed by atoms with Gasteiger partial charge in [0.25, 0.3) is 0 Å². The van der Waals surface area contributed by atoms with Crippen LogP contribution in [-0.2, 0) is 17.7 Å². The van der Waals surface area contributed by atoms with Gasteiger partial charge in [-0.05, 0) is 137 Å². The minimum atomic E-state index is -1.07. The van der Waals surface area contributed by atoms with Gasteiger partial charge in [-0.2, -0.15) is 5.10 Å². The molecule has 0 saturated heterocycles. The minimum Gasteiger partial charge on any atom is -0.476 e. The fraction of sp³-hybridized carbons (Fsp3) is 0.608. The topological polar surface area (TPSA) is 134 Å². The van der Waals surface area contributed by atoms with Crippen LogP contribution in [0.25, 0.3) is 21.3 Å². The van der Waals surface area contributed by atoms with Gasteiger partial charge in [0.15, 0.2) is 22.5 Å². The monoisotopic (exact) mass is 1010 g/mol. The maximum atomic E-state index is 13.0. The van der Waals surface area contributed by atoms with Gasteiger partial charge in [-0.1, -0.05) is 98.4 Å². The van der Waals surface area contributed by atoms with Crippen molar-refractivity contribution in [3.05, 3.63) is 65.1 Å². The molecule has 348 valence electrons. The van der Waals surface area contributed by atoms with E-state index in [4.69, 9.17) is 24.9 Å². The van der Waals surface area contributed by atoms with Crippen LogP contribution < -0.4 is 10.2 Å². The smallest absolute Gasteiger partial charge is 0.355 e. The van der Waals surface area contributed by atoms with Gasteiger partial charge >= 0.3 is 5.97 Å². The van der Waals surface area contributed by atoms with E-state index < -0.39 is 5.97 Å². The molecular formula is C51H68IN9O3S. The highest BCUT2D eigenvalue weighted by molar-refractivity contribution is 14.1. The number of pyridine rings is 1. The Balaban J connectivity index is 0.872. The van der Waals surface area contributed by atoms with Crippen LogP contribution in [0.2, 0.25) is 0 Å². The normalized spacial score (nSPS) is 24.6. The molecule has 65 heavy (non-hydrogen) atoms. The first-order valence-electron chi connectivity index (χ1n) is 24.2. The molecule has 2 N–H and O–H groups in total. The lowest BCUT2D eigenvalue weighted by molar-refractivity contribution is -0.248. The molecule has 1 aromatic carbocycles. The second kappa shape index (κ2) is 19.1. The molecule has 4 atom stereocenters. The number of hydrogen-bond donors (Lipinski definition) is 2. The summed E-state index contributed by atoms with van der Waals surface area (Å²) >= 11 is 4.07. The van der Waals surface area contributed by atoms with Crippen LogP contribution in [0.4, 0.5) is 22.6 Å². The van der Waals surface area contributed by atoms with Crippen LogP contribution in [0, 0.1) is 30.1 Å². The van der Waals surface area contributed by atoms with Crippen molar-refractivity contribution in [2.24, 2.45) is 16.2 Å². The zero-order valence-electron chi connectivity index (χ0n) is 39.2. The van der Waals surface area contributed by atoms with Crippen molar-refractivity contribution in [3.8, 4) is 11.1 Å². The molecule has 14 heteroatoms. The SMILES string of the molecule is Cc1c(Nc2nc3ccccc3s2)nnc2c1CCCN2c1ccc(-c2cnn(CC34CC5(OCCN(C)CCCCCCCCCCI)C[C@](C)(C3)C[C@](C)(C4)C5)c2C)c(C(=O)O)n1. The number of nitrogens with one attached hydrogen (secondary N) is 1. The van der Waals surface area contributed by atoms with E-state index in [0.29, 0.717) is 29.6 Å². The van der Waals surface area contributed by atoms with E-state index in [1.165, 1.54) is 75.1 Å². The number of rotatable bonds is 21. The van der Waals surface area contributed by atoms with Crippen LogP contribution >= 0.6 is 33.9 Å². The zero-order valence-corrected chi connectivity index (χ0v) is 42.2. The molecule has 5 aromatic rings. The summed E-state index contributed by atoms with van der Waals surface area (Å²) in [6, 6.07) is 11.9. The second-order valence-electron chi connectivity index (χ2n) is 21.0. The summed E-state index contributed by atoms with van der Waals surface area (Å²) in [5, 5.41) is 29.1. The predicted octanol–water partition coefficient (Wildman–Crippen LogP) is 12.1. The quantitative estimate of drug-likeness (QED) is 0.0413. The third-order valence-corrected chi connectivity index (χ3v) is 16.8. The lowest BCUT2D eigenvalue weighted by Gasteiger charge is -2.69. The number of carboxylic acids is 1. The summed E-state index contributed by atoms with van der Waals surface area (Å²) in [7, 11) is 2.26. The summed E-state index contributed by atoms with van der Waals surface area (Å²) in [5.74, 6) is 0.870. The Morgan fingerprint density at radius 1 is 0.892 bits per heavy atom. The van der Waals surface area contributed by atoms with Gasteiger partial charge in [0.1, 0.15) is 5.82 Å². The molecular weight excluding hydrogens is 946 g/mol. The van der Waals surface area contributed by atoms with Gasteiger partial charge in [-0.25, -0.2) is 14.8 Å². The summed E-state index contributed by atoms with van der Waals surface area (Å²) < 4.78 is 11.7. The molecule has 10 rings (SSSR count). The first-order chi connectivity index (χ1) is 31.3. The number of hydrogen-bond acceptors (Lipinski definition) is 11. The number of anilines is 4. The largest absolute Gasteiger partial charge is 0.476 e. The number of unbranched alkanes of at least 4 members (excludes halogenated alkanes) is 7. The number of halogens is 1. The van der Waals surface area contributed by atoms with Crippen molar-refractivity contribution in [2.45, 2.75) is 143 Å². The third-order valence-electron chi connectivity index (χ3n) is 15.1. The lowest BCUT2D eigenvalue weighted by Crippen LogP contribution is -2.64. The Morgan fingerprint density at radius 2 is 1.63 bits per heavy atom. The van der Waals surface area contributed by atoms with E-state index in [-0.39, 0.29) is 27.5 Å². The van der Waals surface area contributed by atoms with Gasteiger partial charge in [0, 0.05) is 47.6 Å². The van der Waals surface area contributed by atoms with E-state index in [1.54, 1.807) is 11.3 Å². The molecule has 4 aromatic heterocycles. The highest BCUT2D eigenvalue weighted by Gasteiger charge is 2.66. The molecule has 4 aliphatic carbocycles. The third kappa shape index (κ3) is 9.97. The van der Waals surface area contributed by atoms with Gasteiger partial charge in [0.05, 0.1) is 28.6 Å². The first-order valence-corrected chi connectivity index (χ1v) is 26.5. The Labute approximate surface area is 402 Å². The zero-order chi connectivity index (χ0) is 45.4. The number of aromatic carboxylic acids is 1. The van der Waals surface area contributed by atoms with Crippen molar-refractivity contribution in [1.29, 1.82) is 0 Å². The molecule has 4 fully saturated rings. The van der Waals surface area contributed by atoms with Gasteiger partial charge in [-0.3, -0.25) is 4.68 Å². The molecule has 4 bridgehead atoms. The Bertz CT molecular complexity index is 2450. The molecule has 5 aliphatic rings. The predicted molar refractivity (Wildman–Crippen MR) is 271 cm³/mol. The fourth-order valence-corrected chi connectivity index (χ4v) is 14.7. The van der Waals surface area contributed by atoms with Crippen LogP contribution in [0.15, 0.2) is 42.6 Å². The molecule has 2 unspecified atom stereocenters. The number of thiazole rings is 1. The number of ether oxygens (including phenoxy) is 1. The second-order valence-corrected chi connectivity index (χ2v) is 23.2. The molecule has 12 nitrogen and oxygen atoms in total. The molecule has 4 saturated carbocycles. The number of carbonyl (C=O) groups is 1. The average molecular weight is 1010 g/mol. The standard InChI is InChI=1S/C51H68IN9O3S/c1-35-37-17-16-24-60(45(37)58-57-44(35)56-47-54-40-18-12-13-19-41(40)65-47)42-21-20-38(43(55-42)46(62)63)39-27-53-61(36(39)2)34-50-29-48(3)28-49(4,30-50)32-51(31-48,33-50)64-26-25-59(5)23-15-11-9-7-6-8-10-14-22-52/h12-13,18-21,27H,6-11,14-17,22-26,28-34H2,1-5H3,(H,62,63)(H,54,56,57)/t48-,49+,50?,51?. The Hall–Kier alpha value is -3.73. The summed E-state index contributed by atoms with van der Waals surface area (Å²) in [5.41, 5.74) is 5.82. The van der Waals surface area contributed by atoms with Crippen molar-refractivity contribution >= 4 is 72.7 Å². The average Bonchev–Trinajstić information content (AvgIpc) is 3.83. The minimum absolute atomic E-state index is 0.0146. The maximum absolute atomic E-state index is 13.0. The highest BCUT2D eigenvalue weighted by Crippen LogP contribution is 2.72. The number of alkyl halides is 1. The summed E-state index contributed by atoms with van der Waals surface area (Å²) in [4.78, 5) is 27.1. The van der Waals surface area contributed by atoms with Gasteiger partial charge in [-0.15, -0.1) is 10.2 Å². The van der Waals surface area contributed by atoms with Gasteiger partial charge < -0.3 is 25.0 Å². The first kappa shape index (κ1) is 46.4. The number of nitrogens with zero attached hydrogens (tertiary/aromatic N) is 8. The van der Waals surface area contributed by atoms with Crippen LogP contribution in [0.5, 0.6) is 0 Å². The number of likely N-dealkylation sites (N-methyl/N-ethyl adjacent to an activating group) is 1. The van der Waals surface area contributed by atoms with Crippen LogP contribution in [0.3, 0.4) is 0 Å². The van der Waals surface area contributed by atoms with E-state index in [9.17, 15) is 9.90 Å². The lowest BCUT2D eigenvalue weighted by atomic mass is 9.39. The number of para-hydroxylation sites is 1. The van der Waals surface area contributed by atoms with E-state index in [2.05, 4.69) is 83.4 Å². The summed E-state index contributed by atoms with van der Waals surface area (Å²) in [6.45, 7) is 13.5. The van der Waals surface area contributed by atoms with Crippen LogP contribution in [0.1, 0.15) is 137 Å². The highest BCUT2D eigenvalue weighted by atomic mass is 127. The Morgan fingerprint density at radius 3 is 2.37 bits per heavy atom. The van der Waals surface area contributed by atoms with E-state index >= 15 is 0 Å². The number of benzene rings is 1.